The number of carbonyl (C=O) groups excluding carboxylic acids is 1. The topological polar surface area (TPSA) is 66.9 Å². The molecule has 2 aliphatic rings. The summed E-state index contributed by atoms with van der Waals surface area (Å²) in [4.78, 5) is 14.5. The molecule has 0 aromatic carbocycles. The summed E-state index contributed by atoms with van der Waals surface area (Å²) >= 11 is 0. The van der Waals surface area contributed by atoms with Crippen molar-refractivity contribution in [3.05, 3.63) is 0 Å². The second-order valence-electron chi connectivity index (χ2n) is 5.72. The lowest BCUT2D eigenvalue weighted by Crippen LogP contribution is -2.46. The number of nitrogens with zero attached hydrogens (tertiary/aromatic N) is 2. The average Bonchev–Trinajstić information content (AvgIpc) is 2.86. The van der Waals surface area contributed by atoms with Crippen LogP contribution in [0.4, 0.5) is 0 Å². The first-order valence-corrected chi connectivity index (χ1v) is 9.03. The minimum Gasteiger partial charge on any atom is -0.383 e. The Kier molecular flexibility index (Phi) is 5.04. The van der Waals surface area contributed by atoms with Gasteiger partial charge >= 0.3 is 0 Å². The van der Waals surface area contributed by atoms with Gasteiger partial charge in [-0.15, -0.1) is 0 Å². The highest BCUT2D eigenvalue weighted by Gasteiger charge is 2.35. The molecule has 0 spiro atoms. The van der Waals surface area contributed by atoms with Gasteiger partial charge in [0.05, 0.1) is 18.9 Å². The minimum absolute atomic E-state index is 0.0366. The predicted molar refractivity (Wildman–Crippen MR) is 75.8 cm³/mol. The third kappa shape index (κ3) is 3.51. The van der Waals surface area contributed by atoms with E-state index < -0.39 is 10.0 Å². The molecule has 1 unspecified atom stereocenters. The number of likely N-dealkylation sites (tertiary alicyclic amines) is 1. The van der Waals surface area contributed by atoms with Crippen molar-refractivity contribution in [3.8, 4) is 0 Å². The highest BCUT2D eigenvalue weighted by molar-refractivity contribution is 7.88. The largest absolute Gasteiger partial charge is 0.383 e. The van der Waals surface area contributed by atoms with Crippen LogP contribution < -0.4 is 0 Å². The Morgan fingerprint density at radius 2 is 1.85 bits per heavy atom. The first-order chi connectivity index (χ1) is 9.43. The summed E-state index contributed by atoms with van der Waals surface area (Å²) in [5.74, 6) is 0.142. The van der Waals surface area contributed by atoms with Crippen LogP contribution >= 0.6 is 0 Å². The molecule has 2 rings (SSSR count). The molecule has 0 aromatic rings. The number of amides is 1. The van der Waals surface area contributed by atoms with Gasteiger partial charge in [-0.25, -0.2) is 12.7 Å². The SMILES string of the molecule is COCC1CCCN1C(=O)C1CCN(S(C)(=O)=O)CC1. The van der Waals surface area contributed by atoms with Crippen LogP contribution in [0.5, 0.6) is 0 Å². The fraction of sp³-hybridized carbons (Fsp3) is 0.923. The maximum Gasteiger partial charge on any atom is 0.226 e. The van der Waals surface area contributed by atoms with Gasteiger partial charge in [0, 0.05) is 32.7 Å². The van der Waals surface area contributed by atoms with Crippen LogP contribution in [-0.2, 0) is 19.6 Å². The molecular weight excluding hydrogens is 280 g/mol. The van der Waals surface area contributed by atoms with E-state index >= 15 is 0 Å². The van der Waals surface area contributed by atoms with E-state index in [0.717, 1.165) is 19.4 Å². The van der Waals surface area contributed by atoms with E-state index in [2.05, 4.69) is 0 Å². The van der Waals surface area contributed by atoms with Crippen molar-refractivity contribution >= 4 is 15.9 Å². The normalized spacial score (nSPS) is 26.1. The zero-order valence-corrected chi connectivity index (χ0v) is 13.1. The number of carbonyl (C=O) groups is 1. The summed E-state index contributed by atoms with van der Waals surface area (Å²) in [6, 6.07) is 0.195. The molecule has 0 aliphatic carbocycles. The standard InChI is InChI=1S/C13H24N2O4S/c1-19-10-12-4-3-7-15(12)13(16)11-5-8-14(9-6-11)20(2,17)18/h11-12H,3-10H2,1-2H3. The molecule has 116 valence electrons. The number of ether oxygens (including phenoxy) is 1. The monoisotopic (exact) mass is 304 g/mol. The summed E-state index contributed by atoms with van der Waals surface area (Å²) in [7, 11) is -1.47. The van der Waals surface area contributed by atoms with E-state index in [1.54, 1.807) is 7.11 Å². The third-order valence-electron chi connectivity index (χ3n) is 4.29. The lowest BCUT2D eigenvalue weighted by atomic mass is 9.96. The van der Waals surface area contributed by atoms with E-state index in [4.69, 9.17) is 4.74 Å². The molecule has 7 heteroatoms. The molecule has 1 amide bonds. The van der Waals surface area contributed by atoms with Crippen molar-refractivity contribution < 1.29 is 17.9 Å². The van der Waals surface area contributed by atoms with Gasteiger partial charge in [-0.3, -0.25) is 4.79 Å². The Morgan fingerprint density at radius 1 is 1.20 bits per heavy atom. The first kappa shape index (κ1) is 15.7. The maximum atomic E-state index is 12.5. The summed E-state index contributed by atoms with van der Waals surface area (Å²) in [6.07, 6.45) is 4.51. The van der Waals surface area contributed by atoms with Crippen molar-refractivity contribution in [2.75, 3.05) is 39.6 Å². The van der Waals surface area contributed by atoms with Gasteiger partial charge in [0.1, 0.15) is 0 Å². The van der Waals surface area contributed by atoms with Crippen molar-refractivity contribution in [2.24, 2.45) is 5.92 Å². The lowest BCUT2D eigenvalue weighted by Gasteiger charge is -2.33. The molecule has 0 radical (unpaired) electrons. The van der Waals surface area contributed by atoms with Gasteiger partial charge in [0.15, 0.2) is 0 Å². The molecule has 0 bridgehead atoms. The number of hydrogen-bond donors (Lipinski definition) is 0. The molecule has 20 heavy (non-hydrogen) atoms. The molecule has 0 aromatic heterocycles. The lowest BCUT2D eigenvalue weighted by molar-refractivity contribution is -0.138. The van der Waals surface area contributed by atoms with Crippen LogP contribution in [0.3, 0.4) is 0 Å². The second-order valence-corrected chi connectivity index (χ2v) is 7.70. The maximum absolute atomic E-state index is 12.5. The Bertz CT molecular complexity index is 443. The Hall–Kier alpha value is -0.660. The smallest absolute Gasteiger partial charge is 0.226 e. The first-order valence-electron chi connectivity index (χ1n) is 7.18. The molecule has 1 atom stereocenters. The van der Waals surface area contributed by atoms with Gasteiger partial charge in [0.25, 0.3) is 0 Å². The molecule has 2 fully saturated rings. The Balaban J connectivity index is 1.91. The third-order valence-corrected chi connectivity index (χ3v) is 5.59. The fourth-order valence-corrected chi connectivity index (χ4v) is 4.03. The van der Waals surface area contributed by atoms with Crippen LogP contribution in [0, 0.1) is 5.92 Å². The zero-order chi connectivity index (χ0) is 14.8. The van der Waals surface area contributed by atoms with Crippen molar-refractivity contribution in [2.45, 2.75) is 31.7 Å². The highest BCUT2D eigenvalue weighted by Crippen LogP contribution is 2.26. The van der Waals surface area contributed by atoms with Crippen molar-refractivity contribution in [1.82, 2.24) is 9.21 Å². The Morgan fingerprint density at radius 3 is 2.40 bits per heavy atom. The van der Waals surface area contributed by atoms with E-state index in [-0.39, 0.29) is 17.9 Å². The number of rotatable bonds is 4. The van der Waals surface area contributed by atoms with Crippen LogP contribution in [0.2, 0.25) is 0 Å². The zero-order valence-electron chi connectivity index (χ0n) is 12.2. The number of piperidine rings is 1. The summed E-state index contributed by atoms with van der Waals surface area (Å²) in [5, 5.41) is 0. The minimum atomic E-state index is -3.12. The number of methoxy groups -OCH3 is 1. The number of hydrogen-bond acceptors (Lipinski definition) is 4. The van der Waals surface area contributed by atoms with E-state index in [1.807, 2.05) is 4.90 Å². The van der Waals surface area contributed by atoms with Gasteiger partial charge in [0.2, 0.25) is 15.9 Å². The molecule has 2 heterocycles. The second kappa shape index (κ2) is 6.41. The molecule has 2 saturated heterocycles. The van der Waals surface area contributed by atoms with Crippen LogP contribution in [0.1, 0.15) is 25.7 Å². The van der Waals surface area contributed by atoms with Crippen LogP contribution in [0.15, 0.2) is 0 Å². The van der Waals surface area contributed by atoms with E-state index in [9.17, 15) is 13.2 Å². The van der Waals surface area contributed by atoms with Crippen LogP contribution in [-0.4, -0.2) is 69.2 Å². The predicted octanol–water partition coefficient (Wildman–Crippen LogP) is 0.295. The average molecular weight is 304 g/mol. The Labute approximate surface area is 121 Å². The van der Waals surface area contributed by atoms with Crippen molar-refractivity contribution in [3.63, 3.8) is 0 Å². The molecule has 0 N–H and O–H groups in total. The molecular formula is C13H24N2O4S. The van der Waals surface area contributed by atoms with Gasteiger partial charge in [-0.05, 0) is 25.7 Å². The van der Waals surface area contributed by atoms with E-state index in [0.29, 0.717) is 32.5 Å². The van der Waals surface area contributed by atoms with Crippen LogP contribution in [0.25, 0.3) is 0 Å². The van der Waals surface area contributed by atoms with Crippen molar-refractivity contribution in [1.29, 1.82) is 0 Å². The molecule has 0 saturated carbocycles. The number of sulfonamides is 1. The summed E-state index contributed by atoms with van der Waals surface area (Å²) < 4.78 is 29.6. The van der Waals surface area contributed by atoms with Gasteiger partial charge in [-0.1, -0.05) is 0 Å². The van der Waals surface area contributed by atoms with Gasteiger partial charge in [-0.2, -0.15) is 0 Å². The summed E-state index contributed by atoms with van der Waals surface area (Å²) in [6.45, 7) is 2.31. The van der Waals surface area contributed by atoms with E-state index in [1.165, 1.54) is 10.6 Å². The van der Waals surface area contributed by atoms with Gasteiger partial charge < -0.3 is 9.64 Å². The summed E-state index contributed by atoms with van der Waals surface area (Å²) in [5.41, 5.74) is 0. The highest BCUT2D eigenvalue weighted by atomic mass is 32.2. The molecule has 2 aliphatic heterocycles. The molecule has 6 nitrogen and oxygen atoms in total. The fourth-order valence-electron chi connectivity index (χ4n) is 3.16. The quantitative estimate of drug-likeness (QED) is 0.749.